The second-order valence-corrected chi connectivity index (χ2v) is 14.5. The van der Waals surface area contributed by atoms with Gasteiger partial charge in [0.15, 0.2) is 0 Å². The zero-order chi connectivity index (χ0) is 33.5. The van der Waals surface area contributed by atoms with Crippen molar-refractivity contribution in [3.8, 4) is 11.1 Å². The lowest BCUT2D eigenvalue weighted by Crippen LogP contribution is -2.54. The lowest BCUT2D eigenvalue weighted by Gasteiger charge is -2.39. The Morgan fingerprint density at radius 2 is 1.00 bits per heavy atom. The standard InChI is InChI=1S/C45H31N3O2S/c1-2-9-26(10-3-1)43-46-44(48-45(47-43)29-17-20-32-31-11-4-6-15-37(31)50-40(32)25-29)28-19-22-39-36(24-28)35-23-27(18-21-38(35)49-39)30-13-8-14-34-33-12-5-7-16-41(33)51-42(30)34/h1-25,43-48H. The first-order valence-corrected chi connectivity index (χ1v) is 18.2. The van der Waals surface area contributed by atoms with Crippen LogP contribution in [0.3, 0.4) is 0 Å². The van der Waals surface area contributed by atoms with Gasteiger partial charge in [0, 0.05) is 41.7 Å². The van der Waals surface area contributed by atoms with E-state index >= 15 is 0 Å². The van der Waals surface area contributed by atoms with Crippen molar-refractivity contribution in [3.63, 3.8) is 0 Å². The third-order valence-corrected chi connectivity index (χ3v) is 11.6. The summed E-state index contributed by atoms with van der Waals surface area (Å²) >= 11 is 1.86. The van der Waals surface area contributed by atoms with Crippen molar-refractivity contribution in [2.45, 2.75) is 18.5 Å². The zero-order valence-corrected chi connectivity index (χ0v) is 28.2. The van der Waals surface area contributed by atoms with Gasteiger partial charge in [0.05, 0.1) is 18.5 Å². The van der Waals surface area contributed by atoms with Crippen LogP contribution in [-0.2, 0) is 0 Å². The average Bonchev–Trinajstić information content (AvgIpc) is 3.88. The highest BCUT2D eigenvalue weighted by Gasteiger charge is 2.30. The monoisotopic (exact) mass is 677 g/mol. The van der Waals surface area contributed by atoms with Crippen molar-refractivity contribution < 1.29 is 8.83 Å². The van der Waals surface area contributed by atoms with E-state index in [0.29, 0.717) is 0 Å². The molecule has 0 amide bonds. The predicted octanol–water partition coefficient (Wildman–Crippen LogP) is 11.7. The van der Waals surface area contributed by atoms with Crippen LogP contribution >= 0.6 is 11.3 Å². The zero-order valence-electron chi connectivity index (χ0n) is 27.4. The van der Waals surface area contributed by atoms with E-state index in [4.69, 9.17) is 8.83 Å². The van der Waals surface area contributed by atoms with Crippen molar-refractivity contribution >= 4 is 75.4 Å². The number of furan rings is 2. The first-order valence-electron chi connectivity index (χ1n) is 17.3. The summed E-state index contributed by atoms with van der Waals surface area (Å²) in [6, 6.07) is 53.8. The molecular weight excluding hydrogens is 647 g/mol. The number of benzene rings is 7. The Hall–Kier alpha value is -5.76. The number of hydrogen-bond donors (Lipinski definition) is 3. The molecule has 3 N–H and O–H groups in total. The van der Waals surface area contributed by atoms with E-state index in [-0.39, 0.29) is 18.5 Å². The molecule has 51 heavy (non-hydrogen) atoms. The SMILES string of the molecule is c1ccc(C2NC(c3ccc4c(c3)oc3ccccc34)NC(c3ccc4oc5ccc(-c6cccc7c6sc6ccccc67)cc5c4c3)N2)cc1. The van der Waals surface area contributed by atoms with Crippen LogP contribution in [0, 0.1) is 0 Å². The molecule has 0 radical (unpaired) electrons. The fourth-order valence-electron chi connectivity index (χ4n) is 7.91. The summed E-state index contributed by atoms with van der Waals surface area (Å²) in [5.41, 5.74) is 9.43. The molecule has 1 saturated heterocycles. The minimum atomic E-state index is -0.141. The van der Waals surface area contributed by atoms with Crippen molar-refractivity contribution in [3.05, 3.63) is 168 Å². The summed E-state index contributed by atoms with van der Waals surface area (Å²) in [4.78, 5) is 0. The van der Waals surface area contributed by atoms with Crippen molar-refractivity contribution in [1.29, 1.82) is 0 Å². The van der Waals surface area contributed by atoms with Gasteiger partial charge in [-0.15, -0.1) is 11.3 Å². The van der Waals surface area contributed by atoms with Gasteiger partial charge in [-0.05, 0) is 70.3 Å². The molecule has 1 aliphatic heterocycles. The maximum Gasteiger partial charge on any atom is 0.135 e. The van der Waals surface area contributed by atoms with Crippen LogP contribution in [0.1, 0.15) is 35.2 Å². The van der Waals surface area contributed by atoms with Gasteiger partial charge in [-0.3, -0.25) is 16.0 Å². The maximum absolute atomic E-state index is 6.41. The third-order valence-electron chi connectivity index (χ3n) is 10.4. The normalized spacial score (nSPS) is 18.2. The van der Waals surface area contributed by atoms with Gasteiger partial charge in [0.25, 0.3) is 0 Å². The largest absolute Gasteiger partial charge is 0.456 e. The van der Waals surface area contributed by atoms with E-state index in [0.717, 1.165) is 55.0 Å². The Morgan fingerprint density at radius 1 is 0.392 bits per heavy atom. The van der Waals surface area contributed by atoms with E-state index in [1.807, 2.05) is 23.5 Å². The Bertz CT molecular complexity index is 2940. The highest BCUT2D eigenvalue weighted by Crippen LogP contribution is 2.42. The number of nitrogens with one attached hydrogen (secondary N) is 3. The Morgan fingerprint density at radius 3 is 1.86 bits per heavy atom. The number of para-hydroxylation sites is 1. The molecule has 3 aromatic heterocycles. The average molecular weight is 678 g/mol. The molecule has 3 atom stereocenters. The van der Waals surface area contributed by atoms with Gasteiger partial charge in [-0.25, -0.2) is 0 Å². The number of thiophene rings is 1. The molecule has 3 unspecified atom stereocenters. The minimum Gasteiger partial charge on any atom is -0.456 e. The summed E-state index contributed by atoms with van der Waals surface area (Å²) in [6.45, 7) is 0. The maximum atomic E-state index is 6.41. The topological polar surface area (TPSA) is 62.4 Å². The summed E-state index contributed by atoms with van der Waals surface area (Å²) in [6.07, 6.45) is -0.360. The van der Waals surface area contributed by atoms with Gasteiger partial charge < -0.3 is 8.83 Å². The highest BCUT2D eigenvalue weighted by molar-refractivity contribution is 7.26. The van der Waals surface area contributed by atoms with E-state index in [1.165, 1.54) is 36.9 Å². The second kappa shape index (κ2) is 11.4. The molecule has 1 fully saturated rings. The Balaban J connectivity index is 1.00. The highest BCUT2D eigenvalue weighted by atomic mass is 32.1. The molecular formula is C45H31N3O2S. The number of hydrogen-bond acceptors (Lipinski definition) is 6. The van der Waals surface area contributed by atoms with Crippen molar-refractivity contribution in [2.24, 2.45) is 0 Å². The second-order valence-electron chi connectivity index (χ2n) is 13.4. The molecule has 0 aliphatic carbocycles. The Labute approximate surface area is 297 Å². The lowest BCUT2D eigenvalue weighted by molar-refractivity contribution is 0.203. The van der Waals surface area contributed by atoms with Crippen LogP contribution in [0.25, 0.3) is 75.2 Å². The molecule has 6 heteroatoms. The van der Waals surface area contributed by atoms with Gasteiger partial charge in [-0.1, -0.05) is 109 Å². The van der Waals surface area contributed by atoms with Crippen LogP contribution in [0.15, 0.2) is 160 Å². The minimum absolute atomic E-state index is 0.0842. The molecule has 0 saturated carbocycles. The van der Waals surface area contributed by atoms with Crippen LogP contribution in [0.4, 0.5) is 0 Å². The molecule has 4 heterocycles. The van der Waals surface area contributed by atoms with Gasteiger partial charge in [0.1, 0.15) is 22.3 Å². The fourth-order valence-corrected chi connectivity index (χ4v) is 9.14. The Kier molecular flexibility index (Phi) is 6.48. The molecule has 11 rings (SSSR count). The van der Waals surface area contributed by atoms with E-state index in [2.05, 4.69) is 155 Å². The lowest BCUT2D eigenvalue weighted by atomic mass is 9.99. The number of fused-ring (bicyclic) bond motifs is 9. The van der Waals surface area contributed by atoms with Crippen molar-refractivity contribution in [1.82, 2.24) is 16.0 Å². The molecule has 0 bridgehead atoms. The molecule has 5 nitrogen and oxygen atoms in total. The quantitative estimate of drug-likeness (QED) is 0.173. The summed E-state index contributed by atoms with van der Waals surface area (Å²) < 4.78 is 15.3. The van der Waals surface area contributed by atoms with E-state index in [1.54, 1.807) is 0 Å². The van der Waals surface area contributed by atoms with Gasteiger partial charge in [0.2, 0.25) is 0 Å². The van der Waals surface area contributed by atoms with E-state index < -0.39 is 0 Å². The summed E-state index contributed by atoms with van der Waals surface area (Å²) in [5, 5.41) is 18.6. The molecule has 7 aromatic carbocycles. The molecule has 1 aliphatic rings. The number of rotatable bonds is 4. The predicted molar refractivity (Wildman–Crippen MR) is 210 cm³/mol. The van der Waals surface area contributed by atoms with Gasteiger partial charge >= 0.3 is 0 Å². The third kappa shape index (κ3) is 4.73. The molecule has 244 valence electrons. The van der Waals surface area contributed by atoms with Crippen LogP contribution in [0.2, 0.25) is 0 Å². The van der Waals surface area contributed by atoms with E-state index in [9.17, 15) is 0 Å². The molecule has 0 spiro atoms. The summed E-state index contributed by atoms with van der Waals surface area (Å²) in [5.74, 6) is 0. The van der Waals surface area contributed by atoms with Crippen LogP contribution in [-0.4, -0.2) is 0 Å². The summed E-state index contributed by atoms with van der Waals surface area (Å²) in [7, 11) is 0. The first kappa shape index (κ1) is 29.0. The fraction of sp³-hybridized carbons (Fsp3) is 0.0667. The van der Waals surface area contributed by atoms with Crippen LogP contribution < -0.4 is 16.0 Å². The molecule has 10 aromatic rings. The first-order chi connectivity index (χ1) is 25.2. The van der Waals surface area contributed by atoms with Crippen LogP contribution in [0.5, 0.6) is 0 Å². The van der Waals surface area contributed by atoms with Gasteiger partial charge in [-0.2, -0.15) is 0 Å². The smallest absolute Gasteiger partial charge is 0.135 e. The van der Waals surface area contributed by atoms with Crippen molar-refractivity contribution in [2.75, 3.05) is 0 Å².